The summed E-state index contributed by atoms with van der Waals surface area (Å²) in [6.45, 7) is 3.66. The highest BCUT2D eigenvalue weighted by molar-refractivity contribution is 6.32. The molecule has 4 aromatic rings. The number of halogens is 1. The molecule has 0 saturated heterocycles. The molecule has 0 radical (unpaired) electrons. The highest BCUT2D eigenvalue weighted by atomic mass is 35.5. The Balaban J connectivity index is 1.40. The molecule has 1 amide bonds. The third-order valence-corrected chi connectivity index (χ3v) is 7.26. The molecule has 1 aromatic heterocycles. The van der Waals surface area contributed by atoms with Crippen LogP contribution in [0.5, 0.6) is 11.5 Å². The van der Waals surface area contributed by atoms with Gasteiger partial charge in [0.1, 0.15) is 11.5 Å². The van der Waals surface area contributed by atoms with Gasteiger partial charge in [0.25, 0.3) is 5.91 Å². The van der Waals surface area contributed by atoms with Crippen molar-refractivity contribution < 1.29 is 23.8 Å². The van der Waals surface area contributed by atoms with Crippen molar-refractivity contribution in [3.05, 3.63) is 94.1 Å². The molecule has 0 spiro atoms. The zero-order chi connectivity index (χ0) is 28.2. The van der Waals surface area contributed by atoms with Gasteiger partial charge in [-0.05, 0) is 24.6 Å². The summed E-state index contributed by atoms with van der Waals surface area (Å²) in [6, 6.07) is 20.8. The van der Waals surface area contributed by atoms with E-state index in [2.05, 4.69) is 22.3 Å². The third-order valence-electron chi connectivity index (χ3n) is 6.96. The molecule has 40 heavy (non-hydrogen) atoms. The van der Waals surface area contributed by atoms with Crippen molar-refractivity contribution in [2.24, 2.45) is 0 Å². The van der Waals surface area contributed by atoms with Crippen LogP contribution < -0.4 is 14.8 Å². The Morgan fingerprint density at radius 3 is 2.50 bits per heavy atom. The number of carbonyl (C=O) groups is 2. The van der Waals surface area contributed by atoms with Crippen LogP contribution in [-0.4, -0.2) is 48.6 Å². The van der Waals surface area contributed by atoms with E-state index in [1.807, 2.05) is 42.5 Å². The van der Waals surface area contributed by atoms with E-state index in [4.69, 9.17) is 30.8 Å². The molecule has 0 fully saturated rings. The number of amides is 1. The van der Waals surface area contributed by atoms with Crippen LogP contribution in [0.15, 0.2) is 66.7 Å². The fourth-order valence-electron chi connectivity index (χ4n) is 4.92. The molecular weight excluding hydrogens is 530 g/mol. The highest BCUT2D eigenvalue weighted by Crippen LogP contribution is 2.36. The average molecular weight is 560 g/mol. The maximum Gasteiger partial charge on any atom is 0.339 e. The van der Waals surface area contributed by atoms with Crippen molar-refractivity contribution >= 4 is 40.1 Å². The van der Waals surface area contributed by atoms with Crippen molar-refractivity contribution in [2.75, 3.05) is 26.1 Å². The van der Waals surface area contributed by atoms with Gasteiger partial charge < -0.3 is 19.5 Å². The van der Waals surface area contributed by atoms with Crippen molar-refractivity contribution in [3.8, 4) is 11.5 Å². The maximum atomic E-state index is 13.7. The minimum absolute atomic E-state index is 0.304. The standard InChI is InChI=1S/C31H30ClN3O5/c1-19(30(36)34-26-15-23(32)27(38-2)16-28(26)39-3)40-31(37)29-21-11-7-8-12-24(21)33-25-13-14-35(18-22(25)29)17-20-9-5-4-6-10-20/h4-12,15-16,19H,13-14,17-18H2,1-3H3,(H,34,36). The summed E-state index contributed by atoms with van der Waals surface area (Å²) in [4.78, 5) is 33.9. The van der Waals surface area contributed by atoms with Gasteiger partial charge in [-0.3, -0.25) is 14.7 Å². The van der Waals surface area contributed by atoms with E-state index in [0.717, 1.165) is 29.9 Å². The second-order valence-corrected chi connectivity index (χ2v) is 10.0. The average Bonchev–Trinajstić information content (AvgIpc) is 2.96. The first-order valence-corrected chi connectivity index (χ1v) is 13.4. The predicted octanol–water partition coefficient (Wildman–Crippen LogP) is 5.65. The van der Waals surface area contributed by atoms with Crippen LogP contribution in [0.3, 0.4) is 0 Å². The van der Waals surface area contributed by atoms with Gasteiger partial charge >= 0.3 is 5.97 Å². The van der Waals surface area contributed by atoms with Gasteiger partial charge in [0.15, 0.2) is 6.10 Å². The van der Waals surface area contributed by atoms with Gasteiger partial charge in [0.05, 0.1) is 36.0 Å². The maximum absolute atomic E-state index is 13.7. The molecule has 206 valence electrons. The second-order valence-electron chi connectivity index (χ2n) is 9.60. The molecule has 1 aliphatic rings. The van der Waals surface area contributed by atoms with Crippen LogP contribution in [0.1, 0.15) is 34.1 Å². The topological polar surface area (TPSA) is 90.0 Å². The lowest BCUT2D eigenvalue weighted by Crippen LogP contribution is -2.34. The summed E-state index contributed by atoms with van der Waals surface area (Å²) in [5, 5.41) is 3.74. The van der Waals surface area contributed by atoms with Gasteiger partial charge in [0, 0.05) is 48.8 Å². The summed E-state index contributed by atoms with van der Waals surface area (Å²) in [7, 11) is 2.96. The summed E-state index contributed by atoms with van der Waals surface area (Å²) in [5.41, 5.74) is 4.42. The lowest BCUT2D eigenvalue weighted by Gasteiger charge is -2.30. The number of benzene rings is 3. The van der Waals surface area contributed by atoms with Crippen molar-refractivity contribution in [1.82, 2.24) is 9.88 Å². The first-order valence-electron chi connectivity index (χ1n) is 13.0. The number of pyridine rings is 1. The molecule has 1 aliphatic heterocycles. The second kappa shape index (κ2) is 11.9. The Labute approximate surface area is 237 Å². The number of nitrogens with one attached hydrogen (secondary N) is 1. The minimum atomic E-state index is -1.09. The predicted molar refractivity (Wildman–Crippen MR) is 154 cm³/mol. The molecule has 5 rings (SSSR count). The number of methoxy groups -OCH3 is 2. The van der Waals surface area contributed by atoms with Crippen LogP contribution in [0, 0.1) is 0 Å². The number of para-hydroxylation sites is 1. The van der Waals surface area contributed by atoms with E-state index in [-0.39, 0.29) is 0 Å². The monoisotopic (exact) mass is 559 g/mol. The number of nitrogens with zero attached hydrogens (tertiary/aromatic N) is 2. The molecular formula is C31H30ClN3O5. The lowest BCUT2D eigenvalue weighted by molar-refractivity contribution is -0.123. The van der Waals surface area contributed by atoms with Crippen LogP contribution in [0.2, 0.25) is 5.02 Å². The first kappa shape index (κ1) is 27.4. The number of aromatic nitrogens is 1. The molecule has 3 aromatic carbocycles. The third kappa shape index (κ3) is 5.73. The van der Waals surface area contributed by atoms with E-state index >= 15 is 0 Å². The SMILES string of the molecule is COc1cc(OC)c(NC(=O)C(C)OC(=O)c2c3c(nc4ccccc24)CCN(Cc2ccccc2)C3)cc1Cl. The molecule has 8 nitrogen and oxygen atoms in total. The quantitative estimate of drug-likeness (QED) is 0.279. The van der Waals surface area contributed by atoms with E-state index in [1.165, 1.54) is 32.8 Å². The summed E-state index contributed by atoms with van der Waals surface area (Å²) in [6.07, 6.45) is -0.383. The smallest absolute Gasteiger partial charge is 0.339 e. The molecule has 1 unspecified atom stereocenters. The van der Waals surface area contributed by atoms with Gasteiger partial charge in [0.2, 0.25) is 0 Å². The van der Waals surface area contributed by atoms with Crippen LogP contribution in [-0.2, 0) is 29.0 Å². The number of hydrogen-bond acceptors (Lipinski definition) is 7. The van der Waals surface area contributed by atoms with Gasteiger partial charge in [-0.2, -0.15) is 0 Å². The van der Waals surface area contributed by atoms with Crippen molar-refractivity contribution in [1.29, 1.82) is 0 Å². The van der Waals surface area contributed by atoms with E-state index < -0.39 is 18.0 Å². The summed E-state index contributed by atoms with van der Waals surface area (Å²) in [5.74, 6) is -0.322. The van der Waals surface area contributed by atoms with E-state index in [0.29, 0.717) is 46.1 Å². The Morgan fingerprint density at radius 2 is 1.75 bits per heavy atom. The van der Waals surface area contributed by atoms with Gasteiger partial charge in [-0.15, -0.1) is 0 Å². The summed E-state index contributed by atoms with van der Waals surface area (Å²) >= 11 is 6.24. The minimum Gasteiger partial charge on any atom is -0.495 e. The molecule has 0 saturated carbocycles. The van der Waals surface area contributed by atoms with E-state index in [1.54, 1.807) is 6.07 Å². The van der Waals surface area contributed by atoms with Crippen molar-refractivity contribution in [2.45, 2.75) is 32.5 Å². The number of carbonyl (C=O) groups excluding carboxylic acids is 2. The number of rotatable bonds is 8. The molecule has 1 atom stereocenters. The van der Waals surface area contributed by atoms with Gasteiger partial charge in [-0.1, -0.05) is 60.1 Å². The number of anilines is 1. The van der Waals surface area contributed by atoms with Crippen LogP contribution in [0.4, 0.5) is 5.69 Å². The van der Waals surface area contributed by atoms with Gasteiger partial charge in [-0.25, -0.2) is 4.79 Å². The Hall–Kier alpha value is -4.14. The molecule has 1 N–H and O–H groups in total. The zero-order valence-electron chi connectivity index (χ0n) is 22.6. The zero-order valence-corrected chi connectivity index (χ0v) is 23.3. The molecule has 9 heteroatoms. The molecule has 0 bridgehead atoms. The van der Waals surface area contributed by atoms with E-state index in [9.17, 15) is 9.59 Å². The number of esters is 1. The largest absolute Gasteiger partial charge is 0.495 e. The Kier molecular flexibility index (Phi) is 8.19. The van der Waals surface area contributed by atoms with Crippen molar-refractivity contribution in [3.63, 3.8) is 0 Å². The Bertz CT molecular complexity index is 1560. The number of fused-ring (bicyclic) bond motifs is 2. The molecule has 2 heterocycles. The fourth-order valence-corrected chi connectivity index (χ4v) is 5.16. The first-order chi connectivity index (χ1) is 19.4. The van der Waals surface area contributed by atoms with Crippen LogP contribution in [0.25, 0.3) is 10.9 Å². The number of ether oxygens (including phenoxy) is 3. The summed E-state index contributed by atoms with van der Waals surface area (Å²) < 4.78 is 16.3. The normalized spacial score (nSPS) is 13.8. The number of hydrogen-bond donors (Lipinski definition) is 1. The lowest BCUT2D eigenvalue weighted by atomic mass is 9.95. The fraction of sp³-hybridized carbons (Fsp3) is 0.258. The molecule has 0 aliphatic carbocycles. The highest BCUT2D eigenvalue weighted by Gasteiger charge is 2.29. The van der Waals surface area contributed by atoms with Crippen LogP contribution >= 0.6 is 11.6 Å². The Morgan fingerprint density at radius 1 is 1.02 bits per heavy atom.